The molecule has 0 aliphatic rings. The van der Waals surface area contributed by atoms with Crippen LogP contribution in [-0.4, -0.2) is 53.6 Å². The molecule has 6 heteroatoms. The molecule has 0 saturated carbocycles. The Kier molecular flexibility index (Phi) is 7.08. The van der Waals surface area contributed by atoms with Crippen molar-refractivity contribution in [3.05, 3.63) is 30.3 Å². The van der Waals surface area contributed by atoms with E-state index in [1.807, 2.05) is 19.2 Å². The Labute approximate surface area is 129 Å². The second-order valence-corrected chi connectivity index (χ2v) is 5.64. The van der Waals surface area contributed by atoms with E-state index >= 15 is 0 Å². The lowest BCUT2D eigenvalue weighted by atomic mass is 10.2. The highest BCUT2D eigenvalue weighted by Gasteiger charge is 2.26. The van der Waals surface area contributed by atoms with Crippen LogP contribution in [0.5, 0.6) is 0 Å². The van der Waals surface area contributed by atoms with Crippen LogP contribution < -0.4 is 4.90 Å². The number of carboxylic acids is 1. The van der Waals surface area contributed by atoms with Gasteiger partial charge in [-0.2, -0.15) is 11.8 Å². The monoisotopic (exact) mass is 310 g/mol. The zero-order valence-electron chi connectivity index (χ0n) is 12.7. The van der Waals surface area contributed by atoms with Gasteiger partial charge in [-0.1, -0.05) is 25.1 Å². The quantitative estimate of drug-likeness (QED) is 0.841. The van der Waals surface area contributed by atoms with E-state index in [2.05, 4.69) is 0 Å². The molecule has 0 radical (unpaired) electrons. The van der Waals surface area contributed by atoms with Gasteiger partial charge in [0.1, 0.15) is 6.54 Å². The van der Waals surface area contributed by atoms with Crippen LogP contribution in [0.3, 0.4) is 0 Å². The summed E-state index contributed by atoms with van der Waals surface area (Å²) in [6.07, 6.45) is 2.83. The number of carbonyl (C=O) groups excluding carboxylic acids is 1. The standard InChI is InChI=1S/C15H22N2O3S/c1-4-12(11-21-3)16(2)15(20)17(10-14(18)19)13-8-6-5-7-9-13/h5-9,12H,4,10-11H2,1-3H3,(H,18,19). The number of benzene rings is 1. The van der Waals surface area contributed by atoms with Crippen LogP contribution in [-0.2, 0) is 4.79 Å². The van der Waals surface area contributed by atoms with Crippen LogP contribution in [0.4, 0.5) is 10.5 Å². The van der Waals surface area contributed by atoms with Crippen LogP contribution in [0.15, 0.2) is 30.3 Å². The maximum Gasteiger partial charge on any atom is 0.325 e. The van der Waals surface area contributed by atoms with E-state index in [0.717, 1.165) is 12.2 Å². The predicted octanol–water partition coefficient (Wildman–Crippen LogP) is 2.77. The summed E-state index contributed by atoms with van der Waals surface area (Å²) in [5.41, 5.74) is 0.593. The lowest BCUT2D eigenvalue weighted by Gasteiger charge is -2.32. The number of hydrogen-bond acceptors (Lipinski definition) is 3. The summed E-state index contributed by atoms with van der Waals surface area (Å²) in [4.78, 5) is 26.6. The molecule has 0 heterocycles. The van der Waals surface area contributed by atoms with Crippen molar-refractivity contribution in [2.75, 3.05) is 30.5 Å². The fourth-order valence-corrected chi connectivity index (χ4v) is 2.90. The molecule has 1 rings (SSSR count). The van der Waals surface area contributed by atoms with Crippen LogP contribution >= 0.6 is 11.8 Å². The van der Waals surface area contributed by atoms with Gasteiger partial charge >= 0.3 is 12.0 Å². The van der Waals surface area contributed by atoms with E-state index in [1.54, 1.807) is 48.0 Å². The summed E-state index contributed by atoms with van der Waals surface area (Å²) >= 11 is 1.67. The SMILES string of the molecule is CCC(CSC)N(C)C(=O)N(CC(=O)O)c1ccccc1. The van der Waals surface area contributed by atoms with Gasteiger partial charge in [0.15, 0.2) is 0 Å². The molecule has 0 spiro atoms. The molecule has 1 aromatic carbocycles. The molecule has 1 aromatic rings. The summed E-state index contributed by atoms with van der Waals surface area (Å²) in [6.45, 7) is 1.68. The third kappa shape index (κ3) is 4.97. The molecule has 0 fully saturated rings. The van der Waals surface area contributed by atoms with Crippen LogP contribution in [0.1, 0.15) is 13.3 Å². The van der Waals surface area contributed by atoms with Crippen molar-refractivity contribution in [2.24, 2.45) is 0 Å². The molecule has 0 aromatic heterocycles. The van der Waals surface area contributed by atoms with Gasteiger partial charge in [-0.05, 0) is 24.8 Å². The van der Waals surface area contributed by atoms with Crippen molar-refractivity contribution in [1.29, 1.82) is 0 Å². The summed E-state index contributed by atoms with van der Waals surface area (Å²) in [5.74, 6) is -0.201. The van der Waals surface area contributed by atoms with Gasteiger partial charge in [-0.25, -0.2) is 4.79 Å². The molecule has 116 valence electrons. The Balaban J connectivity index is 2.97. The Bertz CT molecular complexity index is 467. The number of para-hydroxylation sites is 1. The second kappa shape index (κ2) is 8.56. The summed E-state index contributed by atoms with van der Waals surface area (Å²) in [6, 6.07) is 8.69. The van der Waals surface area contributed by atoms with Gasteiger partial charge in [0, 0.05) is 24.5 Å². The number of amides is 2. The van der Waals surface area contributed by atoms with E-state index in [4.69, 9.17) is 5.11 Å². The first-order valence-corrected chi connectivity index (χ1v) is 8.20. The van der Waals surface area contributed by atoms with Crippen molar-refractivity contribution in [1.82, 2.24) is 4.90 Å². The van der Waals surface area contributed by atoms with Gasteiger partial charge in [0.2, 0.25) is 0 Å². The highest BCUT2D eigenvalue weighted by molar-refractivity contribution is 7.98. The number of aliphatic carboxylic acids is 1. The number of carboxylic acid groups (broad SMARTS) is 1. The van der Waals surface area contributed by atoms with Crippen molar-refractivity contribution in [2.45, 2.75) is 19.4 Å². The van der Waals surface area contributed by atoms with Gasteiger partial charge in [0.25, 0.3) is 0 Å². The molecule has 0 aliphatic heterocycles. The lowest BCUT2D eigenvalue weighted by molar-refractivity contribution is -0.135. The molecule has 0 saturated heterocycles. The normalized spacial score (nSPS) is 11.8. The highest BCUT2D eigenvalue weighted by Crippen LogP contribution is 2.17. The third-order valence-electron chi connectivity index (χ3n) is 3.27. The topological polar surface area (TPSA) is 60.9 Å². The van der Waals surface area contributed by atoms with E-state index in [1.165, 1.54) is 4.90 Å². The Morgan fingerprint density at radius 2 is 1.90 bits per heavy atom. The zero-order valence-corrected chi connectivity index (χ0v) is 13.5. The van der Waals surface area contributed by atoms with Crippen molar-refractivity contribution < 1.29 is 14.7 Å². The van der Waals surface area contributed by atoms with Gasteiger partial charge in [-0.3, -0.25) is 9.69 Å². The van der Waals surface area contributed by atoms with Crippen LogP contribution in [0.25, 0.3) is 0 Å². The van der Waals surface area contributed by atoms with E-state index in [9.17, 15) is 9.59 Å². The Hall–Kier alpha value is -1.69. The fraction of sp³-hybridized carbons (Fsp3) is 0.467. The van der Waals surface area contributed by atoms with Crippen molar-refractivity contribution in [3.63, 3.8) is 0 Å². The number of anilines is 1. The minimum absolute atomic E-state index is 0.0903. The Morgan fingerprint density at radius 3 is 2.38 bits per heavy atom. The lowest BCUT2D eigenvalue weighted by Crippen LogP contribution is -2.48. The molecule has 2 amide bonds. The number of rotatable bonds is 7. The number of urea groups is 1. The third-order valence-corrected chi connectivity index (χ3v) is 3.99. The molecule has 0 aliphatic carbocycles. The smallest absolute Gasteiger partial charge is 0.325 e. The van der Waals surface area contributed by atoms with Gasteiger partial charge < -0.3 is 10.0 Å². The molecule has 0 bridgehead atoms. The van der Waals surface area contributed by atoms with Crippen LogP contribution in [0.2, 0.25) is 0 Å². The minimum atomic E-state index is -1.03. The highest BCUT2D eigenvalue weighted by atomic mass is 32.2. The summed E-state index contributed by atoms with van der Waals surface area (Å²) < 4.78 is 0. The number of nitrogens with zero attached hydrogens (tertiary/aromatic N) is 2. The minimum Gasteiger partial charge on any atom is -0.480 e. The first-order valence-electron chi connectivity index (χ1n) is 6.81. The van der Waals surface area contributed by atoms with E-state index in [0.29, 0.717) is 5.69 Å². The summed E-state index contributed by atoms with van der Waals surface area (Å²) in [5, 5.41) is 9.06. The first kappa shape index (κ1) is 17.4. The van der Waals surface area contributed by atoms with E-state index in [-0.39, 0.29) is 18.6 Å². The average molecular weight is 310 g/mol. The molecule has 21 heavy (non-hydrogen) atoms. The second-order valence-electron chi connectivity index (χ2n) is 4.73. The molecular weight excluding hydrogens is 288 g/mol. The summed E-state index contributed by atoms with van der Waals surface area (Å²) in [7, 11) is 1.73. The van der Waals surface area contributed by atoms with Crippen molar-refractivity contribution >= 4 is 29.4 Å². The largest absolute Gasteiger partial charge is 0.480 e. The van der Waals surface area contributed by atoms with Gasteiger partial charge in [0.05, 0.1) is 0 Å². The maximum atomic E-state index is 12.6. The Morgan fingerprint density at radius 1 is 1.29 bits per heavy atom. The predicted molar refractivity (Wildman–Crippen MR) is 87.0 cm³/mol. The van der Waals surface area contributed by atoms with Crippen molar-refractivity contribution in [3.8, 4) is 0 Å². The average Bonchev–Trinajstić information content (AvgIpc) is 2.49. The number of carbonyl (C=O) groups is 2. The van der Waals surface area contributed by atoms with Gasteiger partial charge in [-0.15, -0.1) is 0 Å². The van der Waals surface area contributed by atoms with Crippen LogP contribution in [0, 0.1) is 0 Å². The zero-order chi connectivity index (χ0) is 15.8. The molecule has 1 atom stereocenters. The molecule has 1 unspecified atom stereocenters. The van der Waals surface area contributed by atoms with E-state index < -0.39 is 5.97 Å². The first-order chi connectivity index (χ1) is 10.0. The fourth-order valence-electron chi connectivity index (χ4n) is 2.06. The number of hydrogen-bond donors (Lipinski definition) is 1. The molecule has 5 nitrogen and oxygen atoms in total. The number of thioether (sulfide) groups is 1. The molecule has 1 N–H and O–H groups in total. The maximum absolute atomic E-state index is 12.6. The molecular formula is C15H22N2O3S.